The summed E-state index contributed by atoms with van der Waals surface area (Å²) >= 11 is 0. The van der Waals surface area contributed by atoms with Gasteiger partial charge in [-0.3, -0.25) is 0 Å². The minimum absolute atomic E-state index is 0.246. The summed E-state index contributed by atoms with van der Waals surface area (Å²) in [6.45, 7) is -2.98. The third kappa shape index (κ3) is 3.88. The maximum atomic E-state index is 12.9. The fourth-order valence-corrected chi connectivity index (χ4v) is 4.60. The highest BCUT2D eigenvalue weighted by Gasteiger charge is 2.60. The average Bonchev–Trinajstić information content (AvgIpc) is 2.90. The van der Waals surface area contributed by atoms with Crippen LogP contribution in [0.1, 0.15) is 37.9 Å². The number of rotatable bonds is 6. The zero-order valence-corrected chi connectivity index (χ0v) is 19.6. The first-order valence-electron chi connectivity index (χ1n) is 11.0. The lowest BCUT2D eigenvalue weighted by molar-refractivity contribution is -0.290. The number of carbonyl (C=O) groups excluding carboxylic acids is 2. The van der Waals surface area contributed by atoms with E-state index in [1.165, 1.54) is 0 Å². The summed E-state index contributed by atoms with van der Waals surface area (Å²) in [5.41, 5.74) is -3.94. The lowest BCUT2D eigenvalue weighted by Gasteiger charge is -2.51. The van der Waals surface area contributed by atoms with Crippen molar-refractivity contribution < 1.29 is 74.5 Å². The summed E-state index contributed by atoms with van der Waals surface area (Å²) in [7, 11) is 1.10. The van der Waals surface area contributed by atoms with Crippen LogP contribution < -0.4 is 4.74 Å². The van der Waals surface area contributed by atoms with Crippen molar-refractivity contribution in [1.82, 2.24) is 0 Å². The Labute approximate surface area is 212 Å². The van der Waals surface area contributed by atoms with Crippen molar-refractivity contribution in [2.24, 2.45) is 0 Å². The molecule has 0 aromatic heterocycles. The number of phenols is 5. The van der Waals surface area contributed by atoms with Crippen LogP contribution in [-0.4, -0.2) is 102 Å². The molecule has 9 N–H and O–H groups in total. The Balaban J connectivity index is 1.87. The van der Waals surface area contributed by atoms with Crippen LogP contribution in [0.2, 0.25) is 0 Å². The van der Waals surface area contributed by atoms with Crippen molar-refractivity contribution in [1.29, 1.82) is 0 Å². The van der Waals surface area contributed by atoms with E-state index in [1.54, 1.807) is 0 Å². The second-order valence-electron chi connectivity index (χ2n) is 8.62. The lowest BCUT2D eigenvalue weighted by atomic mass is 9.79. The number of esters is 2. The molecule has 15 heteroatoms. The van der Waals surface area contributed by atoms with Crippen molar-refractivity contribution >= 4 is 11.9 Å². The number of hydrogen-bond acceptors (Lipinski definition) is 15. The van der Waals surface area contributed by atoms with Crippen molar-refractivity contribution in [2.45, 2.75) is 36.6 Å². The fraction of sp³-hybridized carbons (Fsp3) is 0.391. The van der Waals surface area contributed by atoms with Gasteiger partial charge in [0.15, 0.2) is 41.0 Å². The van der Waals surface area contributed by atoms with Crippen molar-refractivity contribution in [3.05, 3.63) is 34.4 Å². The number of aromatic hydroxyl groups is 5. The first kappa shape index (κ1) is 27.0. The molecule has 2 aliphatic heterocycles. The average molecular weight is 540 g/mol. The highest BCUT2D eigenvalue weighted by molar-refractivity contribution is 5.98. The van der Waals surface area contributed by atoms with Gasteiger partial charge in [-0.2, -0.15) is 0 Å². The van der Waals surface area contributed by atoms with Gasteiger partial charge in [-0.25, -0.2) is 9.59 Å². The van der Waals surface area contributed by atoms with Gasteiger partial charge in [0.1, 0.15) is 23.4 Å². The number of aliphatic hydroxyl groups excluding tert-OH is 4. The number of ether oxygens (including phenoxy) is 4. The van der Waals surface area contributed by atoms with Crippen molar-refractivity contribution in [3.8, 4) is 34.5 Å². The highest BCUT2D eigenvalue weighted by Crippen LogP contribution is 2.53. The highest BCUT2D eigenvalue weighted by atomic mass is 16.6. The molecule has 0 bridgehead atoms. The molecule has 4 atom stereocenters. The molecule has 15 nitrogen and oxygen atoms in total. The standard InChI is InChI=1S/C23H24O15/c1-35-16-8(4-24)11-12(14(30)15(16)31)22(34)36-18-17(11)38-23(5-25,6-26)20(32)19(18)37-21(33)7-2-9(27)13(29)10(28)3-7/h2-3,17-20,24-32H,4-6H2,1H3/t17-,18-,19+,20-/m0/s1. The van der Waals surface area contributed by atoms with E-state index in [0.29, 0.717) is 0 Å². The zero-order valence-electron chi connectivity index (χ0n) is 19.6. The third-order valence-corrected chi connectivity index (χ3v) is 6.56. The molecule has 0 unspecified atom stereocenters. The van der Waals surface area contributed by atoms with Gasteiger partial charge < -0.3 is 64.9 Å². The Morgan fingerprint density at radius 2 is 1.61 bits per heavy atom. The van der Waals surface area contributed by atoms with E-state index in [-0.39, 0.29) is 11.1 Å². The quantitative estimate of drug-likeness (QED) is 0.151. The van der Waals surface area contributed by atoms with E-state index in [0.717, 1.165) is 19.2 Å². The molecule has 0 spiro atoms. The van der Waals surface area contributed by atoms with E-state index in [9.17, 15) is 55.5 Å². The van der Waals surface area contributed by atoms with Crippen LogP contribution in [0.25, 0.3) is 0 Å². The van der Waals surface area contributed by atoms with Gasteiger partial charge in [0.05, 0.1) is 32.5 Å². The molecule has 38 heavy (non-hydrogen) atoms. The van der Waals surface area contributed by atoms with Crippen LogP contribution in [-0.2, 0) is 20.8 Å². The van der Waals surface area contributed by atoms with Gasteiger partial charge in [0, 0.05) is 11.1 Å². The number of aliphatic hydroxyl groups is 4. The molecule has 0 amide bonds. The predicted octanol–water partition coefficient (Wildman–Crippen LogP) is -1.36. The molecule has 1 saturated heterocycles. The van der Waals surface area contributed by atoms with Crippen LogP contribution in [0.5, 0.6) is 34.5 Å². The molecular formula is C23H24O15. The van der Waals surface area contributed by atoms with Crippen LogP contribution in [0.4, 0.5) is 0 Å². The van der Waals surface area contributed by atoms with Gasteiger partial charge in [0.2, 0.25) is 5.75 Å². The van der Waals surface area contributed by atoms with Crippen LogP contribution in [0.15, 0.2) is 12.1 Å². The summed E-state index contributed by atoms with van der Waals surface area (Å²) < 4.78 is 21.5. The smallest absolute Gasteiger partial charge is 0.342 e. The first-order chi connectivity index (χ1) is 18.0. The largest absolute Gasteiger partial charge is 0.504 e. The molecule has 206 valence electrons. The van der Waals surface area contributed by atoms with E-state index in [1.807, 2.05) is 0 Å². The number of fused-ring (bicyclic) bond motifs is 3. The predicted molar refractivity (Wildman–Crippen MR) is 119 cm³/mol. The molecule has 0 radical (unpaired) electrons. The van der Waals surface area contributed by atoms with Crippen LogP contribution in [0.3, 0.4) is 0 Å². The van der Waals surface area contributed by atoms with Gasteiger partial charge in [-0.1, -0.05) is 0 Å². The molecule has 4 rings (SSSR count). The number of benzene rings is 2. The Bertz CT molecular complexity index is 1260. The van der Waals surface area contributed by atoms with E-state index in [2.05, 4.69) is 0 Å². The fourth-order valence-electron chi connectivity index (χ4n) is 4.60. The first-order valence-corrected chi connectivity index (χ1v) is 11.0. The van der Waals surface area contributed by atoms with Gasteiger partial charge in [-0.15, -0.1) is 0 Å². The van der Waals surface area contributed by atoms with E-state index < -0.39 is 107 Å². The van der Waals surface area contributed by atoms with Gasteiger partial charge >= 0.3 is 11.9 Å². The Hall–Kier alpha value is -4.02. The molecule has 1 fully saturated rings. The Morgan fingerprint density at radius 1 is 1.00 bits per heavy atom. The van der Waals surface area contributed by atoms with Crippen LogP contribution in [0, 0.1) is 0 Å². The van der Waals surface area contributed by atoms with E-state index in [4.69, 9.17) is 18.9 Å². The lowest BCUT2D eigenvalue weighted by Crippen LogP contribution is -2.67. The minimum Gasteiger partial charge on any atom is -0.504 e. The number of carbonyl (C=O) groups is 2. The Morgan fingerprint density at radius 3 is 2.13 bits per heavy atom. The molecule has 2 heterocycles. The molecule has 2 aromatic rings. The third-order valence-electron chi connectivity index (χ3n) is 6.56. The second-order valence-corrected chi connectivity index (χ2v) is 8.62. The zero-order chi connectivity index (χ0) is 28.1. The topological polar surface area (TPSA) is 253 Å². The maximum absolute atomic E-state index is 12.9. The van der Waals surface area contributed by atoms with Crippen molar-refractivity contribution in [3.63, 3.8) is 0 Å². The second kappa shape index (κ2) is 9.70. The number of phenolic OH excluding ortho intramolecular Hbond substituents is 5. The molecule has 0 saturated carbocycles. The minimum atomic E-state index is -2.25. The van der Waals surface area contributed by atoms with Crippen molar-refractivity contribution in [2.75, 3.05) is 20.3 Å². The molecule has 2 aromatic carbocycles. The molecule has 2 aliphatic rings. The van der Waals surface area contributed by atoms with E-state index >= 15 is 0 Å². The normalized spacial score (nSPS) is 23.7. The van der Waals surface area contributed by atoms with Gasteiger partial charge in [0.25, 0.3) is 0 Å². The summed E-state index contributed by atoms with van der Waals surface area (Å²) in [6, 6.07) is 1.48. The summed E-state index contributed by atoms with van der Waals surface area (Å²) in [4.78, 5) is 25.8. The monoisotopic (exact) mass is 540 g/mol. The Kier molecular flexibility index (Phi) is 6.90. The maximum Gasteiger partial charge on any atom is 0.342 e. The summed E-state index contributed by atoms with van der Waals surface area (Å²) in [5.74, 6) is -7.58. The van der Waals surface area contributed by atoms with Crippen LogP contribution >= 0.6 is 0 Å². The number of methoxy groups -OCH3 is 1. The SMILES string of the molecule is COc1c(O)c(O)c2c(c1CO)[C@@H]1OC(CO)(CO)[C@@H](O)[C@H](OC(=O)c3cc(O)c(O)c(O)c3)[C@H]1OC2=O. The van der Waals surface area contributed by atoms with Gasteiger partial charge in [-0.05, 0) is 12.1 Å². The molecular weight excluding hydrogens is 516 g/mol. The number of hydrogen-bond donors (Lipinski definition) is 9. The molecule has 0 aliphatic carbocycles. The summed E-state index contributed by atoms with van der Waals surface area (Å²) in [5, 5.41) is 90.9. The summed E-state index contributed by atoms with van der Waals surface area (Å²) in [6.07, 6.45) is -7.25.